The second-order valence-electron chi connectivity index (χ2n) is 3.15. The summed E-state index contributed by atoms with van der Waals surface area (Å²) in [6.07, 6.45) is 4.84. The maximum atomic E-state index is 11.3. The molecule has 0 aromatic carbocycles. The minimum atomic E-state index is -0.0605. The first-order chi connectivity index (χ1) is 6.27. The fraction of sp³-hybridized carbons (Fsp3) is 0.889. The van der Waals surface area contributed by atoms with Gasteiger partial charge in [0, 0.05) is 6.26 Å². The molecule has 0 aliphatic heterocycles. The van der Waals surface area contributed by atoms with Crippen molar-refractivity contribution in [2.45, 2.75) is 32.3 Å². The Morgan fingerprint density at radius 1 is 1.54 bits per heavy atom. The smallest absolute Gasteiger partial charge is 0.309 e. The van der Waals surface area contributed by atoms with E-state index in [1.165, 1.54) is 12.0 Å². The molecule has 1 aliphatic rings. The van der Waals surface area contributed by atoms with Crippen LogP contribution in [-0.2, 0) is 13.7 Å². The number of hydrogen-bond acceptors (Lipinski definition) is 4. The van der Waals surface area contributed by atoms with E-state index < -0.39 is 0 Å². The Kier molecular flexibility index (Phi) is 4.59. The largest absolute Gasteiger partial charge is 0.466 e. The lowest BCUT2D eigenvalue weighted by Crippen LogP contribution is -2.16. The van der Waals surface area contributed by atoms with Crippen LogP contribution >= 0.6 is 12.0 Å². The zero-order valence-corrected chi connectivity index (χ0v) is 8.93. The van der Waals surface area contributed by atoms with E-state index in [0.717, 1.165) is 19.3 Å². The molecule has 1 rings (SSSR count). The molecule has 4 heteroatoms. The molecule has 1 aliphatic carbocycles. The lowest BCUT2D eigenvalue weighted by atomic mass is 10.1. The Bertz CT molecular complexity index is 172. The molecule has 13 heavy (non-hydrogen) atoms. The summed E-state index contributed by atoms with van der Waals surface area (Å²) in [4.78, 5) is 11.3. The average molecular weight is 204 g/mol. The molecule has 0 N–H and O–H groups in total. The Morgan fingerprint density at radius 3 is 2.92 bits per heavy atom. The number of hydrogen-bond donors (Lipinski definition) is 0. The van der Waals surface area contributed by atoms with E-state index in [2.05, 4.69) is 0 Å². The van der Waals surface area contributed by atoms with Crippen molar-refractivity contribution in [3.05, 3.63) is 0 Å². The van der Waals surface area contributed by atoms with Gasteiger partial charge in [0.05, 0.1) is 18.6 Å². The number of carbonyl (C=O) groups excluding carboxylic acids is 1. The van der Waals surface area contributed by atoms with Gasteiger partial charge >= 0.3 is 5.97 Å². The van der Waals surface area contributed by atoms with E-state index in [1.54, 1.807) is 0 Å². The zero-order valence-electron chi connectivity index (χ0n) is 8.12. The number of rotatable bonds is 4. The van der Waals surface area contributed by atoms with Crippen LogP contribution in [0.5, 0.6) is 0 Å². The fourth-order valence-electron chi connectivity index (χ4n) is 1.64. The second-order valence-corrected chi connectivity index (χ2v) is 3.67. The van der Waals surface area contributed by atoms with E-state index in [4.69, 9.17) is 8.92 Å². The van der Waals surface area contributed by atoms with Crippen LogP contribution in [0.4, 0.5) is 0 Å². The van der Waals surface area contributed by atoms with E-state index in [-0.39, 0.29) is 18.0 Å². The molecule has 0 aromatic heterocycles. The van der Waals surface area contributed by atoms with E-state index in [1.807, 2.05) is 13.2 Å². The first-order valence-electron chi connectivity index (χ1n) is 4.64. The van der Waals surface area contributed by atoms with Gasteiger partial charge in [0.15, 0.2) is 0 Å². The quantitative estimate of drug-likeness (QED) is 0.518. The van der Waals surface area contributed by atoms with Crippen molar-refractivity contribution in [3.8, 4) is 0 Å². The molecule has 0 bridgehead atoms. The van der Waals surface area contributed by atoms with Crippen molar-refractivity contribution < 1.29 is 13.7 Å². The molecule has 2 atom stereocenters. The SMILES string of the molecule is CCOC(=O)C1CCC(OSC)C1. The average Bonchev–Trinajstić information content (AvgIpc) is 2.54. The maximum Gasteiger partial charge on any atom is 0.309 e. The molecule has 2 unspecified atom stereocenters. The van der Waals surface area contributed by atoms with Crippen LogP contribution < -0.4 is 0 Å². The second kappa shape index (κ2) is 5.50. The molecule has 3 nitrogen and oxygen atoms in total. The van der Waals surface area contributed by atoms with E-state index in [9.17, 15) is 4.79 Å². The summed E-state index contributed by atoms with van der Waals surface area (Å²) in [7, 11) is 0. The Hall–Kier alpha value is -0.220. The lowest BCUT2D eigenvalue weighted by Gasteiger charge is -2.09. The Morgan fingerprint density at radius 2 is 2.31 bits per heavy atom. The minimum Gasteiger partial charge on any atom is -0.466 e. The summed E-state index contributed by atoms with van der Waals surface area (Å²) in [6, 6.07) is 0. The van der Waals surface area contributed by atoms with Crippen LogP contribution in [0.1, 0.15) is 26.2 Å². The molecular weight excluding hydrogens is 188 g/mol. The third-order valence-electron chi connectivity index (χ3n) is 2.24. The zero-order chi connectivity index (χ0) is 9.68. The molecule has 76 valence electrons. The van der Waals surface area contributed by atoms with Crippen LogP contribution in [0.25, 0.3) is 0 Å². The number of esters is 1. The van der Waals surface area contributed by atoms with Crippen LogP contribution in [0.15, 0.2) is 0 Å². The van der Waals surface area contributed by atoms with E-state index in [0.29, 0.717) is 6.61 Å². The number of carbonyl (C=O) groups is 1. The highest BCUT2D eigenvalue weighted by atomic mass is 32.2. The standard InChI is InChI=1S/C9H16O3S/c1-3-11-9(10)7-4-5-8(6-7)12-13-2/h7-8H,3-6H2,1-2H3. The van der Waals surface area contributed by atoms with Gasteiger partial charge in [0.1, 0.15) is 0 Å². The van der Waals surface area contributed by atoms with Gasteiger partial charge in [-0.2, -0.15) is 0 Å². The van der Waals surface area contributed by atoms with Crippen molar-refractivity contribution in [2.75, 3.05) is 12.9 Å². The summed E-state index contributed by atoms with van der Waals surface area (Å²) in [5, 5.41) is 0. The van der Waals surface area contributed by atoms with Gasteiger partial charge in [-0.05, 0) is 38.2 Å². The predicted octanol–water partition coefficient (Wildman–Crippen LogP) is 2.01. The van der Waals surface area contributed by atoms with Crippen molar-refractivity contribution in [2.24, 2.45) is 5.92 Å². The maximum absolute atomic E-state index is 11.3. The molecule has 1 fully saturated rings. The van der Waals surface area contributed by atoms with Crippen LogP contribution in [0.2, 0.25) is 0 Å². The third-order valence-corrected chi connectivity index (χ3v) is 2.70. The molecule has 0 radical (unpaired) electrons. The van der Waals surface area contributed by atoms with Gasteiger partial charge in [0.25, 0.3) is 0 Å². The van der Waals surface area contributed by atoms with Crippen molar-refractivity contribution >= 4 is 18.0 Å². The third kappa shape index (κ3) is 3.19. The normalized spacial score (nSPS) is 27.5. The van der Waals surface area contributed by atoms with E-state index >= 15 is 0 Å². The van der Waals surface area contributed by atoms with Gasteiger partial charge in [-0.3, -0.25) is 4.79 Å². The minimum absolute atomic E-state index is 0.0605. The highest BCUT2D eigenvalue weighted by molar-refractivity contribution is 7.93. The highest BCUT2D eigenvalue weighted by Crippen LogP contribution is 2.30. The fourth-order valence-corrected chi connectivity index (χ4v) is 2.08. The first-order valence-corrected chi connectivity index (χ1v) is 5.79. The molecule has 1 saturated carbocycles. The monoisotopic (exact) mass is 204 g/mol. The van der Waals surface area contributed by atoms with Gasteiger partial charge < -0.3 is 8.92 Å². The predicted molar refractivity (Wildman–Crippen MR) is 52.4 cm³/mol. The molecule has 0 spiro atoms. The molecular formula is C9H16O3S. The summed E-state index contributed by atoms with van der Waals surface area (Å²) in [6.45, 7) is 2.31. The molecule has 0 heterocycles. The lowest BCUT2D eigenvalue weighted by molar-refractivity contribution is -0.147. The van der Waals surface area contributed by atoms with Crippen molar-refractivity contribution in [3.63, 3.8) is 0 Å². The summed E-state index contributed by atoms with van der Waals surface area (Å²) >= 11 is 1.37. The molecule has 0 saturated heterocycles. The van der Waals surface area contributed by atoms with Crippen LogP contribution in [-0.4, -0.2) is 24.9 Å². The van der Waals surface area contributed by atoms with Crippen molar-refractivity contribution in [1.29, 1.82) is 0 Å². The van der Waals surface area contributed by atoms with Gasteiger partial charge in [-0.25, -0.2) is 0 Å². The summed E-state index contributed by atoms with van der Waals surface area (Å²) in [5.41, 5.74) is 0. The summed E-state index contributed by atoms with van der Waals surface area (Å²) in [5.74, 6) is 0.00630. The number of ether oxygens (including phenoxy) is 1. The van der Waals surface area contributed by atoms with Gasteiger partial charge in [0.2, 0.25) is 0 Å². The van der Waals surface area contributed by atoms with Crippen LogP contribution in [0, 0.1) is 5.92 Å². The molecule has 0 amide bonds. The molecule has 0 aromatic rings. The Labute approximate surface area is 83.4 Å². The van der Waals surface area contributed by atoms with Crippen LogP contribution in [0.3, 0.4) is 0 Å². The highest BCUT2D eigenvalue weighted by Gasteiger charge is 2.31. The topological polar surface area (TPSA) is 35.5 Å². The van der Waals surface area contributed by atoms with Gasteiger partial charge in [-0.15, -0.1) is 0 Å². The summed E-state index contributed by atoms with van der Waals surface area (Å²) < 4.78 is 10.3. The van der Waals surface area contributed by atoms with Crippen molar-refractivity contribution in [1.82, 2.24) is 0 Å². The van der Waals surface area contributed by atoms with Gasteiger partial charge in [-0.1, -0.05) is 0 Å². The first kappa shape index (κ1) is 10.9. The Balaban J connectivity index is 2.27.